The Bertz CT molecular complexity index is 1030. The molecule has 0 fully saturated rings. The molecule has 3 aromatic rings. The molecule has 0 unspecified atom stereocenters. The molecule has 1 heterocycles. The number of hydrogen-bond acceptors (Lipinski definition) is 4. The topological polar surface area (TPSA) is 75.6 Å². The van der Waals surface area contributed by atoms with E-state index in [1.165, 1.54) is 11.4 Å². The molecule has 28 heavy (non-hydrogen) atoms. The lowest BCUT2D eigenvalue weighted by Gasteiger charge is -2.13. The summed E-state index contributed by atoms with van der Waals surface area (Å²) in [7, 11) is 0. The lowest BCUT2D eigenvalue weighted by atomic mass is 10.0. The van der Waals surface area contributed by atoms with Crippen molar-refractivity contribution in [2.24, 2.45) is 0 Å². The van der Waals surface area contributed by atoms with Crippen LogP contribution in [0.4, 0.5) is 14.5 Å². The molecule has 2 aromatic carbocycles. The quantitative estimate of drug-likeness (QED) is 0.604. The number of hydrogen-bond donors (Lipinski definition) is 2. The number of halogens is 2. The van der Waals surface area contributed by atoms with Gasteiger partial charge < -0.3 is 15.2 Å². The van der Waals surface area contributed by atoms with Crippen molar-refractivity contribution < 1.29 is 28.2 Å². The van der Waals surface area contributed by atoms with Gasteiger partial charge in [-0.2, -0.15) is 0 Å². The summed E-state index contributed by atoms with van der Waals surface area (Å²) >= 11 is 0.849. The Morgan fingerprint density at radius 1 is 1.14 bits per heavy atom. The number of nitrogens with one attached hydrogen (secondary N) is 1. The number of benzene rings is 2. The van der Waals surface area contributed by atoms with E-state index < -0.39 is 29.2 Å². The van der Waals surface area contributed by atoms with Crippen LogP contribution in [0.15, 0.2) is 47.8 Å². The van der Waals surface area contributed by atoms with Crippen molar-refractivity contribution in [2.75, 3.05) is 11.9 Å². The minimum Gasteiger partial charge on any atom is -0.493 e. The fraction of sp³-hybridized carbons (Fsp3) is 0.100. The number of para-hydroxylation sites is 1. The van der Waals surface area contributed by atoms with Crippen molar-refractivity contribution >= 4 is 28.9 Å². The molecule has 0 radical (unpaired) electrons. The summed E-state index contributed by atoms with van der Waals surface area (Å²) in [5.74, 6) is -3.68. The van der Waals surface area contributed by atoms with Crippen molar-refractivity contribution in [1.82, 2.24) is 0 Å². The number of carboxylic acids is 1. The molecule has 0 saturated carbocycles. The summed E-state index contributed by atoms with van der Waals surface area (Å²) in [6, 6.07) is 10.3. The Morgan fingerprint density at radius 2 is 1.82 bits per heavy atom. The molecule has 1 aromatic heterocycles. The van der Waals surface area contributed by atoms with Crippen molar-refractivity contribution in [3.63, 3.8) is 0 Å². The third-order valence-electron chi connectivity index (χ3n) is 3.88. The van der Waals surface area contributed by atoms with Gasteiger partial charge >= 0.3 is 5.97 Å². The molecule has 0 bridgehead atoms. The Labute approximate surface area is 163 Å². The van der Waals surface area contributed by atoms with E-state index >= 15 is 0 Å². The largest absolute Gasteiger partial charge is 0.493 e. The normalized spacial score (nSPS) is 10.5. The molecule has 0 aliphatic rings. The van der Waals surface area contributed by atoms with E-state index in [4.69, 9.17) is 9.84 Å². The smallest absolute Gasteiger partial charge is 0.346 e. The van der Waals surface area contributed by atoms with E-state index in [0.29, 0.717) is 17.9 Å². The monoisotopic (exact) mass is 403 g/mol. The predicted molar refractivity (Wildman–Crippen MR) is 102 cm³/mol. The zero-order valence-corrected chi connectivity index (χ0v) is 15.5. The number of carboxylic acid groups (broad SMARTS) is 1. The summed E-state index contributed by atoms with van der Waals surface area (Å²) in [5, 5.41) is 12.6. The molecule has 1 amide bonds. The molecule has 5 nitrogen and oxygen atoms in total. The Balaban J connectivity index is 1.94. The maximum absolute atomic E-state index is 14.6. The zero-order valence-electron chi connectivity index (χ0n) is 14.7. The summed E-state index contributed by atoms with van der Waals surface area (Å²) in [5.41, 5.74) is -0.0583. The van der Waals surface area contributed by atoms with Gasteiger partial charge in [0.25, 0.3) is 5.91 Å². The van der Waals surface area contributed by atoms with Crippen LogP contribution in [0.5, 0.6) is 5.75 Å². The lowest BCUT2D eigenvalue weighted by molar-refractivity contribution is 0.0698. The van der Waals surface area contributed by atoms with Gasteiger partial charge in [0.2, 0.25) is 0 Å². The van der Waals surface area contributed by atoms with Gasteiger partial charge in [0.05, 0.1) is 12.2 Å². The van der Waals surface area contributed by atoms with Crippen LogP contribution in [-0.2, 0) is 0 Å². The molecular formula is C20H15F2NO4S. The van der Waals surface area contributed by atoms with Gasteiger partial charge in [-0.3, -0.25) is 4.79 Å². The summed E-state index contributed by atoms with van der Waals surface area (Å²) in [4.78, 5) is 23.2. The molecule has 3 rings (SSSR count). The van der Waals surface area contributed by atoms with Crippen LogP contribution < -0.4 is 10.1 Å². The van der Waals surface area contributed by atoms with Crippen LogP contribution in [0.3, 0.4) is 0 Å². The van der Waals surface area contributed by atoms with Gasteiger partial charge in [0.15, 0.2) is 0 Å². The highest BCUT2D eigenvalue weighted by Gasteiger charge is 2.21. The van der Waals surface area contributed by atoms with Gasteiger partial charge in [0, 0.05) is 5.56 Å². The first kappa shape index (κ1) is 19.5. The molecule has 8 heteroatoms. The highest BCUT2D eigenvalue weighted by Crippen LogP contribution is 2.33. The molecule has 0 saturated heterocycles. The van der Waals surface area contributed by atoms with Crippen molar-refractivity contribution in [1.29, 1.82) is 0 Å². The fourth-order valence-corrected chi connectivity index (χ4v) is 3.40. The first-order valence-electron chi connectivity index (χ1n) is 8.25. The van der Waals surface area contributed by atoms with Crippen LogP contribution in [0.2, 0.25) is 0 Å². The first-order chi connectivity index (χ1) is 13.4. The summed E-state index contributed by atoms with van der Waals surface area (Å²) in [6.07, 6.45) is 0. The second-order valence-corrected chi connectivity index (χ2v) is 6.58. The highest BCUT2D eigenvalue weighted by molar-refractivity contribution is 7.12. The fourth-order valence-electron chi connectivity index (χ4n) is 2.67. The first-order valence-corrected chi connectivity index (χ1v) is 9.13. The van der Waals surface area contributed by atoms with Crippen molar-refractivity contribution in [2.45, 2.75) is 6.92 Å². The molecular weight excluding hydrogens is 388 g/mol. The lowest BCUT2D eigenvalue weighted by Crippen LogP contribution is -2.16. The number of rotatable bonds is 6. The summed E-state index contributed by atoms with van der Waals surface area (Å²) in [6.45, 7) is 2.19. The van der Waals surface area contributed by atoms with Gasteiger partial charge in [-0.1, -0.05) is 18.2 Å². The standard InChI is InChI=1S/C20H15F2NO4S/c1-2-27-16-6-4-3-5-12(16)11-9-14(21)17(15(22)10-11)23-19(24)13-7-8-28-18(13)20(25)26/h3-10H,2H2,1H3,(H,23,24)(H,25,26). The zero-order chi connectivity index (χ0) is 20.3. The number of amides is 1. The van der Waals surface area contributed by atoms with E-state index in [9.17, 15) is 18.4 Å². The molecule has 0 spiro atoms. The minimum absolute atomic E-state index is 0.165. The molecule has 0 atom stereocenters. The van der Waals surface area contributed by atoms with Crippen LogP contribution in [0.1, 0.15) is 27.0 Å². The van der Waals surface area contributed by atoms with E-state index in [-0.39, 0.29) is 16.0 Å². The van der Waals surface area contributed by atoms with E-state index in [1.54, 1.807) is 31.2 Å². The van der Waals surface area contributed by atoms with Crippen molar-refractivity contribution in [3.8, 4) is 16.9 Å². The Hall–Kier alpha value is -3.26. The number of anilines is 1. The van der Waals surface area contributed by atoms with Gasteiger partial charge in [-0.25, -0.2) is 13.6 Å². The number of carbonyl (C=O) groups excluding carboxylic acids is 1. The minimum atomic E-state index is -1.29. The molecule has 144 valence electrons. The van der Waals surface area contributed by atoms with Crippen LogP contribution in [0.25, 0.3) is 11.1 Å². The van der Waals surface area contributed by atoms with Gasteiger partial charge in [0.1, 0.15) is 27.9 Å². The predicted octanol–water partition coefficient (Wildman–Crippen LogP) is 5.04. The number of carbonyl (C=O) groups is 2. The third-order valence-corrected chi connectivity index (χ3v) is 4.79. The number of aromatic carboxylic acids is 1. The average Bonchev–Trinajstić information content (AvgIpc) is 3.15. The van der Waals surface area contributed by atoms with Crippen molar-refractivity contribution in [3.05, 3.63) is 69.9 Å². The maximum atomic E-state index is 14.6. The van der Waals surface area contributed by atoms with Crippen LogP contribution in [0, 0.1) is 11.6 Å². The number of ether oxygens (including phenoxy) is 1. The number of thiophene rings is 1. The molecule has 2 N–H and O–H groups in total. The van der Waals surface area contributed by atoms with E-state index in [1.807, 2.05) is 0 Å². The second-order valence-electron chi connectivity index (χ2n) is 5.67. The van der Waals surface area contributed by atoms with E-state index in [0.717, 1.165) is 23.5 Å². The SMILES string of the molecule is CCOc1ccccc1-c1cc(F)c(NC(=O)c2ccsc2C(=O)O)c(F)c1. The molecule has 0 aliphatic heterocycles. The third kappa shape index (κ3) is 3.86. The van der Waals surface area contributed by atoms with E-state index in [2.05, 4.69) is 5.32 Å². The van der Waals surface area contributed by atoms with Gasteiger partial charge in [-0.15, -0.1) is 11.3 Å². The Kier molecular flexibility index (Phi) is 5.70. The van der Waals surface area contributed by atoms with Crippen LogP contribution >= 0.6 is 11.3 Å². The maximum Gasteiger partial charge on any atom is 0.346 e. The summed E-state index contributed by atoms with van der Waals surface area (Å²) < 4.78 is 34.6. The second kappa shape index (κ2) is 8.18. The van der Waals surface area contributed by atoms with Gasteiger partial charge in [-0.05, 0) is 42.1 Å². The highest BCUT2D eigenvalue weighted by atomic mass is 32.1. The average molecular weight is 403 g/mol. The molecule has 0 aliphatic carbocycles. The Morgan fingerprint density at radius 3 is 2.46 bits per heavy atom. The van der Waals surface area contributed by atoms with Crippen LogP contribution in [-0.4, -0.2) is 23.6 Å².